The van der Waals surface area contributed by atoms with Crippen LogP contribution in [0.1, 0.15) is 54.4 Å². The maximum atomic E-state index is 11.1. The van der Waals surface area contributed by atoms with Gasteiger partial charge in [0.15, 0.2) is 0 Å². The van der Waals surface area contributed by atoms with E-state index in [2.05, 4.69) is 59.3 Å². The first-order valence-electron chi connectivity index (χ1n) is 17.1. The number of rotatable bonds is 9. The Bertz CT molecular complexity index is 803. The number of primary amides is 1. The summed E-state index contributed by atoms with van der Waals surface area (Å²) in [6.45, 7) is 16.4. The molecular weight excluding hydrogens is 701 g/mol. The second-order valence-electron chi connectivity index (χ2n) is 12.5. The average Bonchev–Trinajstić information content (AvgIpc) is 3.02. The second kappa shape index (κ2) is 30.3. The summed E-state index contributed by atoms with van der Waals surface area (Å²) < 4.78 is 21.7. The number of morpholine rings is 3. The summed E-state index contributed by atoms with van der Waals surface area (Å²) >= 11 is 4.14. The summed E-state index contributed by atoms with van der Waals surface area (Å²) in [6.07, 6.45) is 2.41. The largest absolute Gasteiger partial charge is 0.394 e. The van der Waals surface area contributed by atoms with E-state index < -0.39 is 19.3 Å². The molecule has 0 aromatic heterocycles. The van der Waals surface area contributed by atoms with E-state index in [0.717, 1.165) is 6.54 Å². The van der Waals surface area contributed by atoms with Crippen LogP contribution >= 0.6 is 36.4 Å². The van der Waals surface area contributed by atoms with Crippen LogP contribution < -0.4 is 16.6 Å². The third-order valence-corrected chi connectivity index (χ3v) is 13.1. The van der Waals surface area contributed by atoms with Gasteiger partial charge in [0.2, 0.25) is 0 Å². The Balaban J connectivity index is -0.000000631. The zero-order valence-electron chi connectivity index (χ0n) is 31.7. The molecule has 3 fully saturated rings. The van der Waals surface area contributed by atoms with Crippen molar-refractivity contribution in [3.8, 4) is 0 Å². The van der Waals surface area contributed by atoms with Crippen molar-refractivity contribution in [2.45, 2.75) is 97.0 Å². The molecule has 2 unspecified atom stereocenters. The number of nitrogens with two attached hydrogens (primary N) is 2. The van der Waals surface area contributed by atoms with Gasteiger partial charge in [-0.3, -0.25) is 4.67 Å². The van der Waals surface area contributed by atoms with Gasteiger partial charge in [-0.2, -0.15) is 0 Å². The number of likely N-dealkylation sites (N-methyl/N-ethyl adjacent to an activating group) is 1. The molecule has 0 spiro atoms. The molecule has 3 aliphatic rings. The Hall–Kier alpha value is 0.930. The monoisotopic (exact) mass is 770 g/mol. The minimum absolute atomic E-state index is 0.0131. The van der Waals surface area contributed by atoms with Crippen molar-refractivity contribution in [3.05, 3.63) is 0 Å². The second-order valence-corrected chi connectivity index (χ2v) is 20.5. The van der Waals surface area contributed by atoms with Crippen molar-refractivity contribution in [1.29, 1.82) is 0 Å². The Morgan fingerprint density at radius 1 is 0.959 bits per heavy atom. The van der Waals surface area contributed by atoms with Gasteiger partial charge in [-0.1, -0.05) is 54.4 Å². The van der Waals surface area contributed by atoms with E-state index in [1.807, 2.05) is 18.5 Å². The fraction of sp³-hybridized carbons (Fsp3) is 0.964. The Labute approximate surface area is 312 Å². The minimum Gasteiger partial charge on any atom is -0.394 e. The number of aliphatic hydroxyl groups is 2. The topological polar surface area (TPSA) is 179 Å². The van der Waals surface area contributed by atoms with Crippen LogP contribution in [0.3, 0.4) is 0 Å². The number of hydrogen-bond acceptors (Lipinski definition) is 13. The number of amides is 1. The summed E-state index contributed by atoms with van der Waals surface area (Å²) in [5, 5.41) is 31.0. The molecule has 6 radical (unpaired) electrons. The van der Waals surface area contributed by atoms with Gasteiger partial charge in [-0.05, 0) is 0 Å². The van der Waals surface area contributed by atoms with Crippen LogP contribution in [0.2, 0.25) is 6.32 Å². The van der Waals surface area contributed by atoms with Crippen molar-refractivity contribution in [2.75, 3.05) is 79.4 Å². The van der Waals surface area contributed by atoms with Gasteiger partial charge >= 0.3 is 130 Å². The van der Waals surface area contributed by atoms with Crippen LogP contribution in [0.4, 0.5) is 0 Å². The van der Waals surface area contributed by atoms with Crippen molar-refractivity contribution >= 4 is 72.4 Å². The van der Waals surface area contributed by atoms with E-state index in [1.54, 1.807) is 25.0 Å². The van der Waals surface area contributed by atoms with Crippen molar-refractivity contribution in [3.63, 3.8) is 0 Å². The molecule has 3 heterocycles. The minimum atomic E-state index is -3.14. The summed E-state index contributed by atoms with van der Waals surface area (Å²) in [6, 6.07) is -0.911. The first kappa shape index (κ1) is 54.3. The SMILES string of the molecule is CC.CCC.CCC.[B][C@H]1CN(P)C[C@@H](CB(O)P(C)(C)(N)N(C)CC(N)=O)O1.[B][C@H]1CN(PS)C[C@@H](CO)O1.[B][C@H]1CNC[C@@H](CO)O1. The molecule has 0 bridgehead atoms. The molecule has 0 saturated carbocycles. The smallest absolute Gasteiger partial charge is 0.110 e. The molecule has 3 saturated heterocycles. The summed E-state index contributed by atoms with van der Waals surface area (Å²) in [5.41, 5.74) is 11.7. The van der Waals surface area contributed by atoms with E-state index in [-0.39, 0.29) is 56.1 Å². The number of nitrogens with one attached hydrogen (secondary N) is 1. The van der Waals surface area contributed by atoms with Gasteiger partial charge in [0.25, 0.3) is 0 Å². The van der Waals surface area contributed by atoms with Gasteiger partial charge in [0, 0.05) is 46.1 Å². The van der Waals surface area contributed by atoms with Crippen LogP contribution in [0, 0.1) is 0 Å². The molecule has 3 rings (SSSR count). The van der Waals surface area contributed by atoms with E-state index in [9.17, 15) is 9.82 Å². The molecule has 3 aliphatic heterocycles. The van der Waals surface area contributed by atoms with Gasteiger partial charge in [-0.15, -0.1) is 12.2 Å². The van der Waals surface area contributed by atoms with E-state index in [0.29, 0.717) is 47.0 Å². The fourth-order valence-corrected chi connectivity index (χ4v) is 7.54. The third kappa shape index (κ3) is 25.6. The molecule has 1 amide bonds. The Morgan fingerprint density at radius 3 is 1.84 bits per heavy atom. The third-order valence-electron chi connectivity index (χ3n) is 6.88. The molecule has 13 nitrogen and oxygen atoms in total. The quantitative estimate of drug-likeness (QED) is 0.0978. The average molecular weight is 770 g/mol. The van der Waals surface area contributed by atoms with Crippen molar-refractivity contribution in [1.82, 2.24) is 19.3 Å². The molecule has 286 valence electrons. The number of carbonyl (C=O) groups is 1. The normalized spacial score (nSPS) is 26.7. The van der Waals surface area contributed by atoms with Crippen LogP contribution in [0.25, 0.3) is 0 Å². The fourth-order valence-electron chi connectivity index (χ4n) is 4.15. The van der Waals surface area contributed by atoms with Gasteiger partial charge in [-0.25, -0.2) is 0 Å². The predicted octanol–water partition coefficient (Wildman–Crippen LogP) is 0.404. The van der Waals surface area contributed by atoms with Gasteiger partial charge < -0.3 is 25.0 Å². The van der Waals surface area contributed by atoms with E-state index >= 15 is 0 Å². The molecule has 0 aromatic rings. The van der Waals surface area contributed by atoms with Crippen molar-refractivity contribution in [2.24, 2.45) is 11.2 Å². The molecule has 0 aromatic carbocycles. The summed E-state index contributed by atoms with van der Waals surface area (Å²) in [5.74, 6) is -0.472. The Morgan fingerprint density at radius 2 is 1.43 bits per heavy atom. The van der Waals surface area contributed by atoms with Gasteiger partial charge in [0.05, 0.1) is 25.4 Å². The standard InChI is InChI=1S/C10H26B2N4O3P2.C5H11BNO2PS.C5H10BNO2.2C3H8.C2H6/c1-15(7-10(13)17)21(2,3,14)12(18)4-8-5-16(20)6-9(11)19-8;6-5-2-7(10-11)1-4(3-8)9-5;6-5-2-7-1-4(3-8)9-5;2*1-3-2;1-2/h8-9,18H,4-7,14,20H2,1-3H3,(H2,13,17);4-5,8,10-11H,1-3H2;4-5,7-8H,1-3H2;2*3H2,1-2H3;1-2H3/t8-,9-;2*4-,5+;;;/m100.../s1. The molecule has 8 N–H and O–H groups in total. The zero-order chi connectivity index (χ0) is 38.8. The number of ether oxygens (including phenoxy) is 3. The number of thiol groups is 1. The van der Waals surface area contributed by atoms with Gasteiger partial charge in [0.1, 0.15) is 15.7 Å². The molecule has 0 aliphatic carbocycles. The number of carbonyl (C=O) groups excluding carboxylic acids is 1. The molecule has 8 atom stereocenters. The Kier molecular flexibility index (Phi) is 33.5. The van der Waals surface area contributed by atoms with Crippen LogP contribution in [0.5, 0.6) is 0 Å². The first-order chi connectivity index (χ1) is 22.8. The summed E-state index contributed by atoms with van der Waals surface area (Å²) in [4.78, 5) is 11.1. The van der Waals surface area contributed by atoms with Crippen LogP contribution in [0.15, 0.2) is 0 Å². The molecule has 49 heavy (non-hydrogen) atoms. The maximum absolute atomic E-state index is 11.1. The first-order valence-corrected chi connectivity index (χ1v) is 23.1. The van der Waals surface area contributed by atoms with E-state index in [1.165, 1.54) is 12.8 Å². The zero-order valence-corrected chi connectivity index (χ0v) is 35.6. The number of nitrogens with zero attached hydrogens (tertiary/aromatic N) is 3. The van der Waals surface area contributed by atoms with E-state index in [4.69, 9.17) is 59.2 Å². The maximum Gasteiger partial charge on any atom is 0.110 e. The number of aliphatic hydroxyl groups excluding tert-OH is 2. The number of hydrogen-bond donors (Lipinski definition) is 7. The predicted molar refractivity (Wildman–Crippen MR) is 221 cm³/mol. The van der Waals surface area contributed by atoms with Crippen LogP contribution in [-0.4, -0.2) is 181 Å². The summed E-state index contributed by atoms with van der Waals surface area (Å²) in [7, 11) is 21.5. The van der Waals surface area contributed by atoms with Crippen molar-refractivity contribution < 1.29 is 34.2 Å². The van der Waals surface area contributed by atoms with Crippen LogP contribution in [-0.2, 0) is 19.0 Å². The molecule has 21 heteroatoms. The molecular formula is C28H69B4N6O7P3S.